The summed E-state index contributed by atoms with van der Waals surface area (Å²) in [6, 6.07) is 14.6. The normalized spacial score (nSPS) is 14.0. The molecule has 0 bridgehead atoms. The molecule has 2 aromatic rings. The molecule has 3 rings (SSSR count). The van der Waals surface area contributed by atoms with Crippen molar-refractivity contribution >= 4 is 39.2 Å². The number of piperidine rings is 1. The number of halogens is 1. The lowest BCUT2D eigenvalue weighted by molar-refractivity contribution is -0.133. The summed E-state index contributed by atoms with van der Waals surface area (Å²) in [5.74, 6) is -0.0659. The van der Waals surface area contributed by atoms with E-state index in [1.54, 1.807) is 12.1 Å². The molecule has 0 saturated carbocycles. The summed E-state index contributed by atoms with van der Waals surface area (Å²) >= 11 is 3.34. The monoisotopic (exact) mass is 442 g/mol. The van der Waals surface area contributed by atoms with Gasteiger partial charge in [0.25, 0.3) is 0 Å². The van der Waals surface area contributed by atoms with Gasteiger partial charge in [0, 0.05) is 48.1 Å². The van der Waals surface area contributed by atoms with Crippen LogP contribution >= 0.6 is 15.9 Å². The summed E-state index contributed by atoms with van der Waals surface area (Å²) in [6.45, 7) is 1.35. The van der Waals surface area contributed by atoms with E-state index < -0.39 is 0 Å². The first-order valence-corrected chi connectivity index (χ1v) is 10.3. The first kappa shape index (κ1) is 20.3. The van der Waals surface area contributed by atoms with Crippen LogP contribution in [0.25, 0.3) is 0 Å². The molecule has 0 spiro atoms. The average molecular weight is 443 g/mol. The summed E-state index contributed by atoms with van der Waals surface area (Å²) in [6.07, 6.45) is 2.90. The Labute approximate surface area is 173 Å². The molecular weight excluding hydrogens is 420 g/mol. The van der Waals surface area contributed by atoms with Gasteiger partial charge in [0.15, 0.2) is 5.78 Å². The molecule has 1 N–H and O–H groups in total. The first-order valence-electron chi connectivity index (χ1n) is 9.46. The van der Waals surface area contributed by atoms with Gasteiger partial charge in [0.2, 0.25) is 11.8 Å². The molecule has 2 aromatic carbocycles. The highest BCUT2D eigenvalue weighted by Crippen LogP contribution is 2.18. The van der Waals surface area contributed by atoms with Crippen molar-refractivity contribution in [1.29, 1.82) is 0 Å². The molecule has 5 nitrogen and oxygen atoms in total. The van der Waals surface area contributed by atoms with E-state index in [2.05, 4.69) is 21.2 Å². The standard InChI is InChI=1S/C22H23BrN2O3/c23-18-9-7-17(8-10-18)20(26)11-12-21(27)24-19-5-3-4-16(14-19)15-25-13-2-1-6-22(25)28/h3-5,7-10,14H,1-2,6,11-13,15H2,(H,24,27). The van der Waals surface area contributed by atoms with Crippen molar-refractivity contribution in [3.8, 4) is 0 Å². The number of nitrogens with zero attached hydrogens (tertiary/aromatic N) is 1. The molecule has 0 aliphatic carbocycles. The van der Waals surface area contributed by atoms with Crippen LogP contribution in [0.2, 0.25) is 0 Å². The number of carbonyl (C=O) groups is 3. The highest BCUT2D eigenvalue weighted by molar-refractivity contribution is 9.10. The molecule has 1 aliphatic rings. The second-order valence-electron chi connectivity index (χ2n) is 6.95. The molecule has 0 atom stereocenters. The van der Waals surface area contributed by atoms with Crippen LogP contribution in [0.4, 0.5) is 5.69 Å². The molecule has 146 valence electrons. The number of benzene rings is 2. The molecule has 1 saturated heterocycles. The minimum atomic E-state index is -0.198. The molecule has 1 fully saturated rings. The number of nitrogens with one attached hydrogen (secondary N) is 1. The van der Waals surface area contributed by atoms with Crippen molar-refractivity contribution in [2.24, 2.45) is 0 Å². The zero-order chi connectivity index (χ0) is 19.9. The average Bonchev–Trinajstić information content (AvgIpc) is 2.69. The van der Waals surface area contributed by atoms with Gasteiger partial charge in [-0.1, -0.05) is 40.2 Å². The Morgan fingerprint density at radius 3 is 2.57 bits per heavy atom. The number of ketones is 1. The Balaban J connectivity index is 1.51. The van der Waals surface area contributed by atoms with Crippen molar-refractivity contribution in [2.75, 3.05) is 11.9 Å². The van der Waals surface area contributed by atoms with Gasteiger partial charge in [0.05, 0.1) is 0 Å². The topological polar surface area (TPSA) is 66.5 Å². The van der Waals surface area contributed by atoms with E-state index in [9.17, 15) is 14.4 Å². The Morgan fingerprint density at radius 1 is 1.04 bits per heavy atom. The summed E-state index contributed by atoms with van der Waals surface area (Å²) < 4.78 is 0.910. The summed E-state index contributed by atoms with van der Waals surface area (Å²) in [4.78, 5) is 38.2. The van der Waals surface area contributed by atoms with Crippen molar-refractivity contribution in [3.63, 3.8) is 0 Å². The van der Waals surface area contributed by atoms with E-state index in [0.717, 1.165) is 29.4 Å². The van der Waals surface area contributed by atoms with Crippen LogP contribution in [-0.4, -0.2) is 29.0 Å². The molecule has 1 heterocycles. The van der Waals surface area contributed by atoms with E-state index in [1.165, 1.54) is 0 Å². The molecule has 6 heteroatoms. The number of hydrogen-bond donors (Lipinski definition) is 1. The van der Waals surface area contributed by atoms with Gasteiger partial charge in [-0.3, -0.25) is 14.4 Å². The zero-order valence-electron chi connectivity index (χ0n) is 15.6. The fourth-order valence-electron chi connectivity index (χ4n) is 3.23. The van der Waals surface area contributed by atoms with Crippen molar-refractivity contribution in [2.45, 2.75) is 38.6 Å². The Bertz CT molecular complexity index is 864. The fraction of sp³-hybridized carbons (Fsp3) is 0.318. The molecule has 1 aliphatic heterocycles. The first-order chi connectivity index (χ1) is 13.5. The SMILES string of the molecule is O=C(CCC(=O)c1ccc(Br)cc1)Nc1cccc(CN2CCCCC2=O)c1. The molecular formula is C22H23BrN2O3. The maximum atomic E-state index is 12.2. The lowest BCUT2D eigenvalue weighted by Gasteiger charge is -2.26. The molecule has 0 aromatic heterocycles. The highest BCUT2D eigenvalue weighted by atomic mass is 79.9. The van der Waals surface area contributed by atoms with Crippen LogP contribution in [-0.2, 0) is 16.1 Å². The number of hydrogen-bond acceptors (Lipinski definition) is 3. The van der Waals surface area contributed by atoms with Gasteiger partial charge in [-0.15, -0.1) is 0 Å². The number of Topliss-reactive ketones (excluding diaryl/α,β-unsaturated/α-hetero) is 1. The number of rotatable bonds is 7. The number of likely N-dealkylation sites (tertiary alicyclic amines) is 1. The zero-order valence-corrected chi connectivity index (χ0v) is 17.2. The Morgan fingerprint density at radius 2 is 1.82 bits per heavy atom. The van der Waals surface area contributed by atoms with E-state index >= 15 is 0 Å². The number of anilines is 1. The maximum Gasteiger partial charge on any atom is 0.224 e. The summed E-state index contributed by atoms with van der Waals surface area (Å²) in [5.41, 5.74) is 2.27. The van der Waals surface area contributed by atoms with Crippen LogP contribution in [0.5, 0.6) is 0 Å². The molecule has 2 amide bonds. The van der Waals surface area contributed by atoms with Gasteiger partial charge in [-0.25, -0.2) is 0 Å². The number of amides is 2. The molecule has 0 radical (unpaired) electrons. The van der Waals surface area contributed by atoms with Crippen LogP contribution in [0.15, 0.2) is 53.0 Å². The second kappa shape index (κ2) is 9.64. The lowest BCUT2D eigenvalue weighted by Crippen LogP contribution is -2.34. The van der Waals surface area contributed by atoms with Gasteiger partial charge in [-0.05, 0) is 42.7 Å². The van der Waals surface area contributed by atoms with Crippen molar-refractivity contribution in [3.05, 3.63) is 64.1 Å². The largest absolute Gasteiger partial charge is 0.338 e. The fourth-order valence-corrected chi connectivity index (χ4v) is 3.49. The van der Waals surface area contributed by atoms with Crippen LogP contribution in [0.3, 0.4) is 0 Å². The molecule has 28 heavy (non-hydrogen) atoms. The number of carbonyl (C=O) groups excluding carboxylic acids is 3. The molecule has 0 unspecified atom stereocenters. The van der Waals surface area contributed by atoms with Crippen LogP contribution < -0.4 is 5.32 Å². The third kappa shape index (κ3) is 5.76. The van der Waals surface area contributed by atoms with Crippen molar-refractivity contribution in [1.82, 2.24) is 4.90 Å². The van der Waals surface area contributed by atoms with E-state index in [4.69, 9.17) is 0 Å². The minimum absolute atomic E-state index is 0.0555. The Kier molecular flexibility index (Phi) is 6.98. The van der Waals surface area contributed by atoms with Gasteiger partial charge in [-0.2, -0.15) is 0 Å². The second-order valence-corrected chi connectivity index (χ2v) is 7.87. The Hall–Kier alpha value is -2.47. The van der Waals surface area contributed by atoms with Crippen LogP contribution in [0.1, 0.15) is 48.0 Å². The predicted octanol–water partition coefficient (Wildman–Crippen LogP) is 4.56. The third-order valence-electron chi connectivity index (χ3n) is 4.75. The maximum absolute atomic E-state index is 12.2. The predicted molar refractivity (Wildman–Crippen MR) is 112 cm³/mol. The van der Waals surface area contributed by atoms with Gasteiger partial charge < -0.3 is 10.2 Å². The van der Waals surface area contributed by atoms with E-state index in [0.29, 0.717) is 24.2 Å². The summed E-state index contributed by atoms with van der Waals surface area (Å²) in [7, 11) is 0. The van der Waals surface area contributed by atoms with E-state index in [1.807, 2.05) is 41.3 Å². The van der Waals surface area contributed by atoms with Crippen LogP contribution in [0, 0.1) is 0 Å². The van der Waals surface area contributed by atoms with Crippen molar-refractivity contribution < 1.29 is 14.4 Å². The van der Waals surface area contributed by atoms with Gasteiger partial charge >= 0.3 is 0 Å². The van der Waals surface area contributed by atoms with E-state index in [-0.39, 0.29) is 30.4 Å². The minimum Gasteiger partial charge on any atom is -0.338 e. The smallest absolute Gasteiger partial charge is 0.224 e. The van der Waals surface area contributed by atoms with Gasteiger partial charge in [0.1, 0.15) is 0 Å². The quantitative estimate of drug-likeness (QED) is 0.638. The summed E-state index contributed by atoms with van der Waals surface area (Å²) in [5, 5.41) is 2.84. The third-order valence-corrected chi connectivity index (χ3v) is 5.28. The lowest BCUT2D eigenvalue weighted by atomic mass is 10.1. The highest BCUT2D eigenvalue weighted by Gasteiger charge is 2.18.